The van der Waals surface area contributed by atoms with Crippen LogP contribution in [0.2, 0.25) is 6.32 Å². The van der Waals surface area contributed by atoms with E-state index in [0.29, 0.717) is 31.6 Å². The Balaban J connectivity index is 2.99. The molecule has 4 N–H and O–H groups in total. The van der Waals surface area contributed by atoms with Gasteiger partial charge in [0.25, 0.3) is 0 Å². The molecule has 1 heterocycles. The normalized spacial score (nSPS) is 22.9. The van der Waals surface area contributed by atoms with Crippen molar-refractivity contribution in [1.29, 1.82) is 0 Å². The van der Waals surface area contributed by atoms with E-state index in [4.69, 9.17) is 14.8 Å². The van der Waals surface area contributed by atoms with E-state index in [1.54, 1.807) is 27.7 Å². The largest absolute Gasteiger partial charge is 0.481 e. The molecule has 0 unspecified atom stereocenters. The molecule has 1 aliphatic heterocycles. The van der Waals surface area contributed by atoms with Gasteiger partial charge in [-0.1, -0.05) is 6.42 Å². The summed E-state index contributed by atoms with van der Waals surface area (Å²) in [6.45, 7) is 7.12. The van der Waals surface area contributed by atoms with Gasteiger partial charge in [-0.3, -0.25) is 9.59 Å². The summed E-state index contributed by atoms with van der Waals surface area (Å²) in [4.78, 5) is 38.8. The molecule has 1 fully saturated rings. The Labute approximate surface area is 183 Å². The van der Waals surface area contributed by atoms with E-state index in [-0.39, 0.29) is 24.7 Å². The molecule has 1 aliphatic rings. The lowest BCUT2D eigenvalue weighted by Gasteiger charge is -2.43. The van der Waals surface area contributed by atoms with Gasteiger partial charge >= 0.3 is 19.2 Å². The van der Waals surface area contributed by atoms with E-state index in [1.165, 1.54) is 16.7 Å². The maximum atomic E-state index is 13.3. The number of carboxylic acids is 1. The van der Waals surface area contributed by atoms with Crippen LogP contribution in [0.25, 0.3) is 0 Å². The summed E-state index contributed by atoms with van der Waals surface area (Å²) in [5.41, 5.74) is -1.85. The van der Waals surface area contributed by atoms with Gasteiger partial charge < -0.3 is 30.1 Å². The van der Waals surface area contributed by atoms with Gasteiger partial charge in [0.15, 0.2) is 0 Å². The van der Waals surface area contributed by atoms with Gasteiger partial charge in [0.2, 0.25) is 5.91 Å². The van der Waals surface area contributed by atoms with Crippen molar-refractivity contribution in [3.05, 3.63) is 0 Å². The fraction of sp³-hybridized carbons (Fsp3) is 0.842. The highest BCUT2D eigenvalue weighted by Crippen LogP contribution is 2.36. The van der Waals surface area contributed by atoms with E-state index in [2.05, 4.69) is 5.32 Å². The lowest BCUT2D eigenvalue weighted by atomic mass is 9.72. The number of amides is 2. The van der Waals surface area contributed by atoms with E-state index in [0.717, 1.165) is 0 Å². The van der Waals surface area contributed by atoms with Gasteiger partial charge in [0.1, 0.15) is 11.6 Å². The summed E-state index contributed by atoms with van der Waals surface area (Å²) in [6, 6.07) is -0.826. The molecule has 0 saturated carbocycles. The number of nitrogens with one attached hydrogen (secondary N) is 1. The van der Waals surface area contributed by atoms with Crippen LogP contribution in [0.3, 0.4) is 0 Å². The second-order valence-electron chi connectivity index (χ2n) is 9.19. The van der Waals surface area contributed by atoms with E-state index in [1.807, 2.05) is 6.26 Å². The van der Waals surface area contributed by atoms with Crippen molar-refractivity contribution in [3.63, 3.8) is 0 Å². The number of piperidine rings is 1. The van der Waals surface area contributed by atoms with Crippen LogP contribution in [0.15, 0.2) is 0 Å². The van der Waals surface area contributed by atoms with Crippen molar-refractivity contribution in [1.82, 2.24) is 10.2 Å². The highest BCUT2D eigenvalue weighted by Gasteiger charge is 2.44. The van der Waals surface area contributed by atoms with Crippen molar-refractivity contribution >= 4 is 36.9 Å². The van der Waals surface area contributed by atoms with Crippen LogP contribution >= 0.6 is 11.8 Å². The number of likely N-dealkylation sites (tertiary alicyclic amines) is 1. The minimum atomic E-state index is -1.48. The fourth-order valence-corrected chi connectivity index (χ4v) is 4.10. The van der Waals surface area contributed by atoms with Crippen LogP contribution in [-0.4, -0.2) is 81.9 Å². The predicted octanol–water partition coefficient (Wildman–Crippen LogP) is 1.44. The van der Waals surface area contributed by atoms with Gasteiger partial charge in [-0.15, -0.1) is 0 Å². The van der Waals surface area contributed by atoms with Crippen LogP contribution in [-0.2, 0) is 14.3 Å². The maximum Gasteiger partial charge on any atom is 0.451 e. The number of carboxylic acid groups (broad SMARTS) is 1. The summed E-state index contributed by atoms with van der Waals surface area (Å²) in [7, 11) is -1.48. The van der Waals surface area contributed by atoms with Crippen molar-refractivity contribution in [2.75, 3.05) is 25.1 Å². The zero-order chi connectivity index (χ0) is 23.1. The van der Waals surface area contributed by atoms with Gasteiger partial charge in [0, 0.05) is 13.1 Å². The van der Waals surface area contributed by atoms with Gasteiger partial charge in [-0.25, -0.2) is 4.79 Å². The minimum Gasteiger partial charge on any atom is -0.481 e. The number of ether oxygens (including phenoxy) is 1. The number of hydrogen-bond donors (Lipinski definition) is 4. The number of rotatable bonds is 9. The van der Waals surface area contributed by atoms with Gasteiger partial charge in [-0.05, 0) is 64.8 Å². The number of thioether (sulfide) groups is 1. The summed E-state index contributed by atoms with van der Waals surface area (Å²) >= 11 is 1.54. The number of hydrogen-bond acceptors (Lipinski definition) is 7. The van der Waals surface area contributed by atoms with Crippen LogP contribution in [0.1, 0.15) is 47.0 Å². The third kappa shape index (κ3) is 8.73. The van der Waals surface area contributed by atoms with Gasteiger partial charge in [-0.2, -0.15) is 11.8 Å². The Hall–Kier alpha value is -1.46. The van der Waals surface area contributed by atoms with Crippen LogP contribution in [0, 0.1) is 11.3 Å². The molecule has 0 spiro atoms. The quantitative estimate of drug-likeness (QED) is 0.391. The van der Waals surface area contributed by atoms with Crippen molar-refractivity contribution in [2.45, 2.75) is 64.9 Å². The first kappa shape index (κ1) is 26.6. The third-order valence-corrected chi connectivity index (χ3v) is 5.66. The summed E-state index contributed by atoms with van der Waals surface area (Å²) in [5.74, 6) is -0.906. The van der Waals surface area contributed by atoms with E-state index in [9.17, 15) is 19.5 Å². The topological polar surface area (TPSA) is 136 Å². The highest BCUT2D eigenvalue weighted by molar-refractivity contribution is 7.98. The van der Waals surface area contributed by atoms with E-state index < -0.39 is 36.2 Å². The Kier molecular flexibility index (Phi) is 9.96. The zero-order valence-electron chi connectivity index (χ0n) is 18.5. The number of carbonyl (C=O) groups excluding carboxylic acids is 2. The third-order valence-electron chi connectivity index (χ3n) is 5.02. The molecular formula is C19H35BN2O7S. The second kappa shape index (κ2) is 11.2. The number of carbonyl (C=O) groups is 3. The van der Waals surface area contributed by atoms with E-state index >= 15 is 0 Å². The first-order valence-corrected chi connectivity index (χ1v) is 11.5. The first-order valence-electron chi connectivity index (χ1n) is 10.1. The summed E-state index contributed by atoms with van der Waals surface area (Å²) in [5, 5.41) is 30.7. The molecule has 11 heteroatoms. The molecule has 0 radical (unpaired) electrons. The maximum absolute atomic E-state index is 13.3. The molecule has 0 aromatic carbocycles. The van der Waals surface area contributed by atoms with Crippen molar-refractivity contribution in [2.24, 2.45) is 11.3 Å². The average molecular weight is 446 g/mol. The Bertz CT molecular complexity index is 614. The molecular weight excluding hydrogens is 411 g/mol. The molecule has 0 aromatic heterocycles. The summed E-state index contributed by atoms with van der Waals surface area (Å²) in [6.07, 6.45) is 2.43. The Morgan fingerprint density at radius 1 is 1.33 bits per heavy atom. The molecule has 9 nitrogen and oxygen atoms in total. The van der Waals surface area contributed by atoms with Crippen LogP contribution in [0.4, 0.5) is 4.79 Å². The number of nitrogens with zero attached hydrogens (tertiary/aromatic N) is 1. The van der Waals surface area contributed by atoms with Crippen molar-refractivity contribution in [3.8, 4) is 0 Å². The molecule has 2 amide bonds. The average Bonchev–Trinajstić information content (AvgIpc) is 2.60. The van der Waals surface area contributed by atoms with Crippen LogP contribution in [0.5, 0.6) is 0 Å². The molecule has 30 heavy (non-hydrogen) atoms. The smallest absolute Gasteiger partial charge is 0.451 e. The second-order valence-corrected chi connectivity index (χ2v) is 10.2. The lowest BCUT2D eigenvalue weighted by molar-refractivity contribution is -0.156. The Morgan fingerprint density at radius 2 is 1.97 bits per heavy atom. The molecule has 172 valence electrons. The number of alkyl carbamates (subject to hydrolysis) is 1. The minimum absolute atomic E-state index is 0.0328. The Morgan fingerprint density at radius 3 is 2.47 bits per heavy atom. The molecule has 1 rings (SSSR count). The molecule has 0 bridgehead atoms. The fourth-order valence-electron chi connectivity index (χ4n) is 3.63. The summed E-state index contributed by atoms with van der Waals surface area (Å²) < 4.78 is 5.27. The molecule has 1 saturated heterocycles. The number of aliphatic carboxylic acids is 1. The van der Waals surface area contributed by atoms with Gasteiger partial charge in [0.05, 0.1) is 5.41 Å². The standard InChI is InChI=1S/C19H35BN2O7S/c1-18(2,3)29-17(26)21-14(7-9-30-5)15(23)22-11-13(6-8-20(27)28)10-19(4,12-22)16(24)25/h13-14,27-28H,6-12H2,1-5H3,(H,21,26)(H,24,25)/t13-,14-,19-/m0/s1. The first-order chi connectivity index (χ1) is 13.8. The highest BCUT2D eigenvalue weighted by atomic mass is 32.2. The molecule has 3 atom stereocenters. The SMILES string of the molecule is CSCC[C@H](NC(=O)OC(C)(C)C)C(=O)N1C[C@@H](CCB(O)O)C[C@](C)(C(=O)O)C1. The monoisotopic (exact) mass is 446 g/mol. The lowest BCUT2D eigenvalue weighted by Crippen LogP contribution is -2.57. The van der Waals surface area contributed by atoms with Crippen molar-refractivity contribution < 1.29 is 34.3 Å². The molecule has 0 aliphatic carbocycles. The van der Waals surface area contributed by atoms with Crippen LogP contribution < -0.4 is 5.32 Å². The zero-order valence-corrected chi connectivity index (χ0v) is 19.3. The molecule has 0 aromatic rings. The predicted molar refractivity (Wildman–Crippen MR) is 116 cm³/mol.